The quantitative estimate of drug-likeness (QED) is 0.0163. The molecule has 0 spiro atoms. The number of benzene rings is 3. The molecule has 4 saturated heterocycles. The number of nitrogens with one attached hydrogen (secondary N) is 15. The van der Waals surface area contributed by atoms with Gasteiger partial charge in [0.1, 0.15) is 90.3 Å². The summed E-state index contributed by atoms with van der Waals surface area (Å²) in [6, 6.07) is -0.982. The summed E-state index contributed by atoms with van der Waals surface area (Å²) in [5, 5.41) is 60.3. The zero-order valence-electron chi connectivity index (χ0n) is 77.4. The number of thioether (sulfide) groups is 1. The summed E-state index contributed by atoms with van der Waals surface area (Å²) in [5.41, 5.74) is 20.0. The van der Waals surface area contributed by atoms with Crippen molar-refractivity contribution in [2.24, 2.45) is 23.1 Å². The number of phenolic OH excluding ortho intramolecular Hbond substituents is 1. The van der Waals surface area contributed by atoms with Crippen LogP contribution in [0.1, 0.15) is 153 Å². The van der Waals surface area contributed by atoms with Gasteiger partial charge in [0.05, 0.1) is 31.7 Å². The van der Waals surface area contributed by atoms with Gasteiger partial charge in [0.2, 0.25) is 100 Å². The second-order valence-electron chi connectivity index (χ2n) is 35.3. The molecule has 7 heterocycles. The minimum absolute atomic E-state index is 0.00210. The van der Waals surface area contributed by atoms with Crippen LogP contribution in [0, 0.1) is 11.3 Å². The predicted octanol–water partition coefficient (Wildman–Crippen LogP) is -1.76. The predicted molar refractivity (Wildman–Crippen MR) is 501 cm³/mol. The molecular formula is C92H128N24O19S. The molecule has 23 N–H and O–H groups in total. The van der Waals surface area contributed by atoms with Gasteiger partial charge in [-0.2, -0.15) is 0 Å². The molecule has 4 aliphatic heterocycles. The minimum atomic E-state index is -1.85. The Hall–Kier alpha value is -13.7. The first-order valence-corrected chi connectivity index (χ1v) is 47.3. The Labute approximate surface area is 790 Å². The Morgan fingerprint density at radius 3 is 1.51 bits per heavy atom. The summed E-state index contributed by atoms with van der Waals surface area (Å²) < 4.78 is 0. The van der Waals surface area contributed by atoms with Crippen LogP contribution in [0.5, 0.6) is 5.75 Å². The summed E-state index contributed by atoms with van der Waals surface area (Å²) in [4.78, 5) is 271. The van der Waals surface area contributed by atoms with Crippen molar-refractivity contribution in [1.29, 1.82) is 5.41 Å². The standard InChI is InChI=1S/C92H128N24O19S/c1-7-9-24-70-83(127)104-61(23-15-33-98-92(95)96)79(123)111-69(78(122)101-46-76(94)120)48-136-49-77(121)103-65(38-52-29-31-56(118)32-30-52)89(133)115-35-18-28-73(115)86(130)109-67(42-75(93)119)90(134)116-36-17-27-72(116)85(129)106-63(41-55-45-97-50-102-55)81(125)107-64(37-51(3)4)88(132)114-34-16-26-71(114)84(128)105-62(39-53-43-99-59-21-13-11-19-57(53)59)80(124)110-68(47-117)82(126)108-66(40-54-44-100-60-22-14-12-20-58(54)60)87(131)113(6)74(25-10-8-2)91(135)112(70)5/h11-14,19-22,29-32,43-45,50-51,61-74,99-100,117-118H,7-10,15-18,23-28,33-42,46-49H2,1-6H3,(H2,93,119)(H2,94,120)(H,97,102)(H,101,122)(H,103,121)(H,104,127)(H,105,128)(H,106,129)(H,107,125)(H,108,126)(H,109,130)(H,110,124)(H,111,123)(H4,95,96,98)/t61-,62-,63-,64-,65-,66-,67-,68-,69-,70-,71-,72?,73+,74-/m0/s1. The Kier molecular flexibility index (Phi) is 38.4. The molecule has 0 bridgehead atoms. The fourth-order valence-corrected chi connectivity index (χ4v) is 18.5. The molecule has 4 fully saturated rings. The molecule has 3 aromatic heterocycles. The van der Waals surface area contributed by atoms with E-state index in [1.807, 2.05) is 13.8 Å². The lowest BCUT2D eigenvalue weighted by molar-refractivity contribution is -0.149. The van der Waals surface area contributed by atoms with Crippen molar-refractivity contribution in [2.75, 3.05) is 64.9 Å². The summed E-state index contributed by atoms with van der Waals surface area (Å²) >= 11 is 0.784. The number of aliphatic hydroxyl groups is 1. The topological polar surface area (TPSA) is 641 Å². The number of imidazole rings is 1. The van der Waals surface area contributed by atoms with Gasteiger partial charge in [0.25, 0.3) is 0 Å². The highest BCUT2D eigenvalue weighted by atomic mass is 32.2. The molecule has 3 aromatic carbocycles. The number of fused-ring (bicyclic) bond motifs is 5. The first kappa shape index (κ1) is 104. The maximum absolute atomic E-state index is 15.8. The first-order chi connectivity index (χ1) is 65.1. The average molecular weight is 1910 g/mol. The third-order valence-corrected chi connectivity index (χ3v) is 25.9. The number of aliphatic hydroxyl groups excluding tert-OH is 1. The number of phenols is 1. The number of amides is 17. The highest BCUT2D eigenvalue weighted by molar-refractivity contribution is 8.00. The number of rotatable bonds is 26. The van der Waals surface area contributed by atoms with Crippen molar-refractivity contribution >= 4 is 140 Å². The largest absolute Gasteiger partial charge is 0.508 e. The van der Waals surface area contributed by atoms with Gasteiger partial charge in [-0.25, -0.2) is 4.98 Å². The molecule has 43 nitrogen and oxygen atoms in total. The van der Waals surface area contributed by atoms with Gasteiger partial charge >= 0.3 is 0 Å². The smallest absolute Gasteiger partial charge is 0.246 e. The molecule has 0 radical (unpaired) electrons. The number of carbonyl (C=O) groups is 17. The number of nitrogens with two attached hydrogens (primary N) is 3. The number of primary amides is 2. The number of H-pyrrole nitrogens is 3. The number of hydrogen-bond acceptors (Lipinski definition) is 22. The van der Waals surface area contributed by atoms with Gasteiger partial charge in [-0.3, -0.25) is 86.9 Å². The van der Waals surface area contributed by atoms with Crippen LogP contribution < -0.4 is 75.7 Å². The van der Waals surface area contributed by atoms with Crippen molar-refractivity contribution < 1.29 is 91.7 Å². The van der Waals surface area contributed by atoms with Crippen LogP contribution in [-0.4, -0.2) is 311 Å². The summed E-state index contributed by atoms with van der Waals surface area (Å²) in [5.74, 6) is -16.9. The third-order valence-electron chi connectivity index (χ3n) is 24.8. The number of hydrogen-bond donors (Lipinski definition) is 20. The molecule has 4 aliphatic rings. The number of aromatic hydroxyl groups is 1. The number of aromatic nitrogens is 4. The van der Waals surface area contributed by atoms with Crippen LogP contribution in [0.15, 0.2) is 97.7 Å². The van der Waals surface area contributed by atoms with E-state index in [0.717, 1.165) is 26.5 Å². The number of unbranched alkanes of at least 4 members (excludes halogenated alkanes) is 2. The average Bonchev–Trinajstić information content (AvgIpc) is 1.63. The van der Waals surface area contributed by atoms with E-state index < -0.39 is 222 Å². The van der Waals surface area contributed by atoms with Crippen LogP contribution in [0.2, 0.25) is 0 Å². The normalized spacial score (nSPS) is 24.5. The van der Waals surface area contributed by atoms with Crippen molar-refractivity contribution in [3.05, 3.63) is 120 Å². The maximum Gasteiger partial charge on any atom is 0.246 e. The van der Waals surface area contributed by atoms with E-state index in [2.05, 4.69) is 78.4 Å². The molecule has 1 unspecified atom stereocenters. The lowest BCUT2D eigenvalue weighted by atomic mass is 10.00. The summed E-state index contributed by atoms with van der Waals surface area (Å²) in [6.45, 7) is 5.35. The molecule has 0 aliphatic carbocycles. The molecule has 6 aromatic rings. The van der Waals surface area contributed by atoms with Gasteiger partial charge in [-0.15, -0.1) is 11.8 Å². The van der Waals surface area contributed by atoms with E-state index in [-0.39, 0.29) is 134 Å². The lowest BCUT2D eigenvalue weighted by Gasteiger charge is -2.36. The number of aromatic amines is 3. The number of para-hydroxylation sites is 2. The number of carbonyl (C=O) groups excluding carboxylic acids is 17. The minimum Gasteiger partial charge on any atom is -0.508 e. The zero-order chi connectivity index (χ0) is 98.6. The molecule has 44 heteroatoms. The van der Waals surface area contributed by atoms with Crippen molar-refractivity contribution in [2.45, 2.75) is 241 Å². The highest BCUT2D eigenvalue weighted by Gasteiger charge is 2.47. The van der Waals surface area contributed by atoms with E-state index in [9.17, 15) is 43.8 Å². The molecular weight excluding hydrogens is 1780 g/mol. The monoisotopic (exact) mass is 1900 g/mol. The van der Waals surface area contributed by atoms with Gasteiger partial charge < -0.3 is 125 Å². The van der Waals surface area contributed by atoms with E-state index >= 15 is 47.9 Å². The van der Waals surface area contributed by atoms with Crippen molar-refractivity contribution in [1.82, 2.24) is 103 Å². The fraction of sp³-hybridized carbons (Fsp3) is 0.533. The number of guanidine groups is 1. The molecule has 10 rings (SSSR count). The van der Waals surface area contributed by atoms with Crippen molar-refractivity contribution in [3.8, 4) is 5.75 Å². The Morgan fingerprint density at radius 1 is 0.507 bits per heavy atom. The number of likely N-dealkylation sites (N-methyl/N-ethyl adjacent to an activating group) is 2. The van der Waals surface area contributed by atoms with Gasteiger partial charge in [-0.05, 0) is 118 Å². The van der Waals surface area contributed by atoms with Gasteiger partial charge in [-0.1, -0.05) is 102 Å². The number of nitrogens with zero attached hydrogens (tertiary/aromatic N) is 6. The van der Waals surface area contributed by atoms with Crippen LogP contribution in [0.25, 0.3) is 21.8 Å². The van der Waals surface area contributed by atoms with Crippen LogP contribution in [0.4, 0.5) is 0 Å². The van der Waals surface area contributed by atoms with Crippen LogP contribution in [-0.2, 0) is 107 Å². The zero-order valence-corrected chi connectivity index (χ0v) is 78.2. The molecule has 136 heavy (non-hydrogen) atoms. The third kappa shape index (κ3) is 28.5. The lowest BCUT2D eigenvalue weighted by Crippen LogP contribution is -2.62. The van der Waals surface area contributed by atoms with Gasteiger partial charge in [0, 0.05) is 118 Å². The second kappa shape index (κ2) is 50.1. The fourth-order valence-electron chi connectivity index (χ4n) is 17.7. The SMILES string of the molecule is CCCC[C@H]1C(=O)N(C)[C@@H](CCCC)C(=O)N[C@@H](CCCNC(=N)N)C(=O)N[C@H](C(=O)NCC(N)=O)CSCC(=O)N[C@@H](Cc2ccc(O)cc2)C(=O)N2CCC[C@@H]2C(=O)N[C@@H](CC(N)=O)C(=O)N2CCCC2C(=O)N[C@@H](Cc2cnc[nH]2)C(=O)N[C@@H](CC(C)C)C(=O)N2CCC[C@H]2C(=O)N[C@@H](Cc2c[nH]c3ccccc23)C(=O)N[C@@H](CO)C(=O)N[C@@H](Cc2c[nH]c3ccccc23)C(=O)N1C. The molecule has 14 atom stereocenters. The highest BCUT2D eigenvalue weighted by Crippen LogP contribution is 2.29. The van der Waals surface area contributed by atoms with Crippen LogP contribution >= 0.6 is 11.8 Å². The Balaban J connectivity index is 1.02. The van der Waals surface area contributed by atoms with Gasteiger partial charge in [0.15, 0.2) is 5.96 Å². The summed E-state index contributed by atoms with van der Waals surface area (Å²) in [6.07, 6.45) is 6.58. The van der Waals surface area contributed by atoms with E-state index in [1.54, 1.807) is 74.8 Å². The summed E-state index contributed by atoms with van der Waals surface area (Å²) in [7, 11) is 2.72. The Bertz CT molecular complexity index is 5260. The Morgan fingerprint density at radius 2 is 0.985 bits per heavy atom. The molecule has 17 amide bonds. The van der Waals surface area contributed by atoms with E-state index in [1.165, 1.54) is 60.7 Å². The molecule has 736 valence electrons. The van der Waals surface area contributed by atoms with Crippen LogP contribution in [0.3, 0.4) is 0 Å². The van der Waals surface area contributed by atoms with E-state index in [0.29, 0.717) is 69.9 Å². The van der Waals surface area contributed by atoms with Crippen molar-refractivity contribution in [3.63, 3.8) is 0 Å². The van der Waals surface area contributed by atoms with E-state index in [4.69, 9.17) is 22.6 Å². The first-order valence-electron chi connectivity index (χ1n) is 46.2. The molecule has 0 saturated carbocycles. The maximum atomic E-state index is 15.8. The second-order valence-corrected chi connectivity index (χ2v) is 36.4.